The molecule has 1 N–H and O–H groups in total. The molecule has 6 heteroatoms. The number of hydrogen-bond acceptors (Lipinski definition) is 4. The Morgan fingerprint density at radius 2 is 2.05 bits per heavy atom. The molecule has 2 aromatic rings. The van der Waals surface area contributed by atoms with E-state index in [0.29, 0.717) is 24.8 Å². The number of nitrogens with zero attached hydrogens (tertiary/aromatic N) is 3. The first-order valence-electron chi connectivity index (χ1n) is 7.08. The Hall–Kier alpha value is -2.37. The van der Waals surface area contributed by atoms with E-state index < -0.39 is 0 Å². The van der Waals surface area contributed by atoms with Crippen molar-refractivity contribution >= 4 is 6.03 Å². The summed E-state index contributed by atoms with van der Waals surface area (Å²) in [5, 5.41) is 6.87. The van der Waals surface area contributed by atoms with Crippen molar-refractivity contribution in [2.75, 3.05) is 13.1 Å². The molecule has 1 aromatic carbocycles. The van der Waals surface area contributed by atoms with Crippen molar-refractivity contribution < 1.29 is 9.32 Å². The summed E-state index contributed by atoms with van der Waals surface area (Å²) in [7, 11) is 0. The number of carbonyl (C=O) groups is 1. The van der Waals surface area contributed by atoms with Crippen LogP contribution in [0.2, 0.25) is 0 Å². The topological polar surface area (TPSA) is 71.3 Å². The van der Waals surface area contributed by atoms with Crippen LogP contribution in [0.3, 0.4) is 0 Å². The van der Waals surface area contributed by atoms with Crippen LogP contribution in [0.5, 0.6) is 0 Å². The number of carbonyl (C=O) groups excluding carboxylic acids is 1. The molecule has 0 aliphatic carbocycles. The fourth-order valence-corrected chi connectivity index (χ4v) is 2.24. The number of urea groups is 1. The molecule has 1 fully saturated rings. The third-order valence-corrected chi connectivity index (χ3v) is 3.40. The molecule has 0 unspecified atom stereocenters. The van der Waals surface area contributed by atoms with Crippen molar-refractivity contribution in [1.82, 2.24) is 20.4 Å². The number of benzene rings is 1. The number of hydrogen-bond donors (Lipinski definition) is 1. The van der Waals surface area contributed by atoms with Crippen LogP contribution >= 0.6 is 0 Å². The molecule has 0 atom stereocenters. The van der Waals surface area contributed by atoms with Crippen LogP contribution < -0.4 is 5.32 Å². The minimum absolute atomic E-state index is 0.0379. The molecule has 21 heavy (non-hydrogen) atoms. The summed E-state index contributed by atoms with van der Waals surface area (Å²) < 4.78 is 5.31. The highest BCUT2D eigenvalue weighted by atomic mass is 16.5. The maximum atomic E-state index is 11.8. The summed E-state index contributed by atoms with van der Waals surface area (Å²) in [6, 6.07) is 9.81. The molecule has 2 heterocycles. The zero-order valence-electron chi connectivity index (χ0n) is 12.1. The Balaban J connectivity index is 1.61. The third kappa shape index (κ3) is 2.89. The summed E-state index contributed by atoms with van der Waals surface area (Å²) in [5.41, 5.74) is 0.932. The van der Waals surface area contributed by atoms with Gasteiger partial charge in [-0.1, -0.05) is 35.5 Å². The molecule has 6 nitrogen and oxygen atoms in total. The monoisotopic (exact) mass is 286 g/mol. The Labute approximate surface area is 123 Å². The van der Waals surface area contributed by atoms with E-state index in [1.54, 1.807) is 4.90 Å². The molecular formula is C15H18N4O2. The lowest BCUT2D eigenvalue weighted by atomic mass is 10.0. The van der Waals surface area contributed by atoms with Crippen LogP contribution in [-0.4, -0.2) is 40.2 Å². The van der Waals surface area contributed by atoms with Crippen molar-refractivity contribution in [1.29, 1.82) is 0 Å². The minimum atomic E-state index is -0.0379. The predicted molar refractivity (Wildman–Crippen MR) is 77.7 cm³/mol. The van der Waals surface area contributed by atoms with E-state index in [-0.39, 0.29) is 18.0 Å². The molecule has 0 spiro atoms. The first kappa shape index (κ1) is 13.6. The largest absolute Gasteiger partial charge is 0.339 e. The van der Waals surface area contributed by atoms with E-state index >= 15 is 0 Å². The number of amides is 2. The minimum Gasteiger partial charge on any atom is -0.339 e. The highest BCUT2D eigenvalue weighted by molar-refractivity contribution is 5.75. The second-order valence-electron chi connectivity index (χ2n) is 5.53. The number of rotatable bonds is 3. The molecule has 1 aliphatic rings. The van der Waals surface area contributed by atoms with Crippen LogP contribution in [0.15, 0.2) is 34.9 Å². The highest BCUT2D eigenvalue weighted by Gasteiger charge is 2.35. The number of aromatic nitrogens is 2. The smallest absolute Gasteiger partial charge is 0.317 e. The van der Waals surface area contributed by atoms with Gasteiger partial charge in [-0.15, -0.1) is 0 Å². The Morgan fingerprint density at radius 3 is 2.71 bits per heavy atom. The average Bonchev–Trinajstić information content (AvgIpc) is 2.86. The summed E-state index contributed by atoms with van der Waals surface area (Å²) in [6.07, 6.45) is 0. The third-order valence-electron chi connectivity index (χ3n) is 3.40. The van der Waals surface area contributed by atoms with Gasteiger partial charge in [0.25, 0.3) is 0 Å². The Kier molecular flexibility index (Phi) is 3.60. The molecular weight excluding hydrogens is 268 g/mol. The number of likely N-dealkylation sites (tertiary alicyclic amines) is 1. The SMILES string of the molecule is CC(C)NC(=O)N1CC(c2nc(-c3ccccc3)no2)C1. The van der Waals surface area contributed by atoms with Gasteiger partial charge >= 0.3 is 6.03 Å². The fraction of sp³-hybridized carbons (Fsp3) is 0.400. The molecule has 0 bridgehead atoms. The van der Waals surface area contributed by atoms with E-state index in [0.717, 1.165) is 5.56 Å². The summed E-state index contributed by atoms with van der Waals surface area (Å²) in [6.45, 7) is 5.13. The zero-order chi connectivity index (χ0) is 14.8. The lowest BCUT2D eigenvalue weighted by Gasteiger charge is -2.37. The Morgan fingerprint density at radius 1 is 1.33 bits per heavy atom. The highest BCUT2D eigenvalue weighted by Crippen LogP contribution is 2.27. The first-order valence-corrected chi connectivity index (χ1v) is 7.08. The van der Waals surface area contributed by atoms with E-state index in [1.807, 2.05) is 44.2 Å². The van der Waals surface area contributed by atoms with Gasteiger partial charge in [-0.3, -0.25) is 0 Å². The lowest BCUT2D eigenvalue weighted by molar-refractivity contribution is 0.135. The maximum absolute atomic E-state index is 11.8. The zero-order valence-corrected chi connectivity index (χ0v) is 12.1. The quantitative estimate of drug-likeness (QED) is 0.939. The molecule has 0 saturated carbocycles. The van der Waals surface area contributed by atoms with Crippen molar-refractivity contribution in [2.24, 2.45) is 0 Å². The molecule has 1 aliphatic heterocycles. The maximum Gasteiger partial charge on any atom is 0.317 e. The van der Waals surface area contributed by atoms with Crippen LogP contribution in [0.25, 0.3) is 11.4 Å². The van der Waals surface area contributed by atoms with Gasteiger partial charge in [0.1, 0.15) is 0 Å². The van der Waals surface area contributed by atoms with E-state index in [4.69, 9.17) is 4.52 Å². The standard InChI is InChI=1S/C15H18N4O2/c1-10(2)16-15(20)19-8-12(9-19)14-17-13(18-21-14)11-6-4-3-5-7-11/h3-7,10,12H,8-9H2,1-2H3,(H,16,20). The van der Waals surface area contributed by atoms with Gasteiger partial charge in [0.05, 0.1) is 5.92 Å². The second kappa shape index (κ2) is 5.55. The summed E-state index contributed by atoms with van der Waals surface area (Å²) in [4.78, 5) is 18.0. The lowest BCUT2D eigenvalue weighted by Crippen LogP contribution is -2.53. The van der Waals surface area contributed by atoms with Gasteiger partial charge in [0.2, 0.25) is 11.7 Å². The molecule has 3 rings (SSSR count). The fourth-order valence-electron chi connectivity index (χ4n) is 2.24. The van der Waals surface area contributed by atoms with Gasteiger partial charge in [-0.2, -0.15) is 4.98 Å². The second-order valence-corrected chi connectivity index (χ2v) is 5.53. The van der Waals surface area contributed by atoms with Crippen LogP contribution in [-0.2, 0) is 0 Å². The van der Waals surface area contributed by atoms with Gasteiger partial charge in [-0.25, -0.2) is 4.79 Å². The van der Waals surface area contributed by atoms with Gasteiger partial charge < -0.3 is 14.7 Å². The van der Waals surface area contributed by atoms with E-state index in [2.05, 4.69) is 15.5 Å². The number of nitrogens with one attached hydrogen (secondary N) is 1. The van der Waals surface area contributed by atoms with Crippen molar-refractivity contribution in [3.8, 4) is 11.4 Å². The van der Waals surface area contributed by atoms with E-state index in [1.165, 1.54) is 0 Å². The molecule has 110 valence electrons. The normalized spacial score (nSPS) is 15.1. The van der Waals surface area contributed by atoms with Crippen molar-refractivity contribution in [2.45, 2.75) is 25.8 Å². The van der Waals surface area contributed by atoms with Crippen molar-refractivity contribution in [3.63, 3.8) is 0 Å². The molecule has 0 radical (unpaired) electrons. The average molecular weight is 286 g/mol. The molecule has 1 saturated heterocycles. The summed E-state index contributed by atoms with van der Waals surface area (Å²) in [5.74, 6) is 1.33. The molecule has 2 amide bonds. The van der Waals surface area contributed by atoms with Crippen LogP contribution in [0.4, 0.5) is 4.79 Å². The van der Waals surface area contributed by atoms with E-state index in [9.17, 15) is 4.79 Å². The van der Waals surface area contributed by atoms with Gasteiger partial charge in [0, 0.05) is 24.7 Å². The van der Waals surface area contributed by atoms with Crippen molar-refractivity contribution in [3.05, 3.63) is 36.2 Å². The Bertz CT molecular complexity index is 618. The van der Waals surface area contributed by atoms with Gasteiger partial charge in [-0.05, 0) is 13.8 Å². The van der Waals surface area contributed by atoms with Crippen LogP contribution in [0, 0.1) is 0 Å². The predicted octanol–water partition coefficient (Wildman–Crippen LogP) is 2.25. The molecule has 1 aromatic heterocycles. The van der Waals surface area contributed by atoms with Crippen LogP contribution in [0.1, 0.15) is 25.7 Å². The summed E-state index contributed by atoms with van der Waals surface area (Å²) >= 11 is 0. The first-order chi connectivity index (χ1) is 10.1. The van der Waals surface area contributed by atoms with Gasteiger partial charge in [0.15, 0.2) is 0 Å².